The third-order valence-corrected chi connectivity index (χ3v) is 7.45. The molecule has 1 unspecified atom stereocenters. The number of carbonyl (C=O) groups is 1. The number of carbonyl (C=O) groups excluding carboxylic acids is 1. The van der Waals surface area contributed by atoms with Gasteiger partial charge in [-0.25, -0.2) is 0 Å². The van der Waals surface area contributed by atoms with E-state index >= 15 is 0 Å². The van der Waals surface area contributed by atoms with Gasteiger partial charge in [0.25, 0.3) is 0 Å². The molecule has 2 aliphatic carbocycles. The molecule has 3 heteroatoms. The lowest BCUT2D eigenvalue weighted by Gasteiger charge is -2.61. The van der Waals surface area contributed by atoms with Gasteiger partial charge in [0.2, 0.25) is 0 Å². The van der Waals surface area contributed by atoms with Crippen LogP contribution in [0.4, 0.5) is 0 Å². The third kappa shape index (κ3) is 3.81. The summed E-state index contributed by atoms with van der Waals surface area (Å²) < 4.78 is 4.80. The van der Waals surface area contributed by atoms with E-state index in [0.717, 1.165) is 25.7 Å². The van der Waals surface area contributed by atoms with E-state index < -0.39 is 5.60 Å². The van der Waals surface area contributed by atoms with E-state index in [4.69, 9.17) is 4.74 Å². The van der Waals surface area contributed by atoms with Crippen LogP contribution in [0.3, 0.4) is 0 Å². The highest BCUT2D eigenvalue weighted by atomic mass is 16.5. The number of esters is 1. The van der Waals surface area contributed by atoms with Gasteiger partial charge in [0.15, 0.2) is 0 Å². The van der Waals surface area contributed by atoms with Crippen molar-refractivity contribution in [3.63, 3.8) is 0 Å². The number of ether oxygens (including phenoxy) is 1. The number of aliphatic hydroxyl groups is 1. The number of hydrogen-bond acceptors (Lipinski definition) is 3. The second-order valence-electron chi connectivity index (χ2n) is 9.81. The van der Waals surface area contributed by atoms with Crippen LogP contribution in [0.15, 0.2) is 0 Å². The second-order valence-corrected chi connectivity index (χ2v) is 9.81. The molecule has 2 saturated carbocycles. The summed E-state index contributed by atoms with van der Waals surface area (Å²) >= 11 is 0. The predicted octanol–water partition coefficient (Wildman–Crippen LogP) is 4.96. The van der Waals surface area contributed by atoms with Crippen LogP contribution in [0, 0.1) is 28.6 Å². The van der Waals surface area contributed by atoms with Crippen LogP contribution >= 0.6 is 0 Å². The summed E-state index contributed by atoms with van der Waals surface area (Å²) in [5.41, 5.74) is 0.0114. The average molecular weight is 339 g/mol. The molecule has 0 aromatic heterocycles. The molecule has 0 bridgehead atoms. The van der Waals surface area contributed by atoms with Gasteiger partial charge in [-0.3, -0.25) is 4.79 Å². The smallest absolute Gasteiger partial charge is 0.305 e. The molecule has 2 fully saturated rings. The summed E-state index contributed by atoms with van der Waals surface area (Å²) in [5, 5.41) is 11.2. The van der Waals surface area contributed by atoms with Crippen molar-refractivity contribution in [2.24, 2.45) is 28.6 Å². The Morgan fingerprint density at radius 1 is 1.21 bits per heavy atom. The van der Waals surface area contributed by atoms with Crippen molar-refractivity contribution in [2.45, 2.75) is 91.6 Å². The molecule has 2 aliphatic rings. The highest BCUT2D eigenvalue weighted by Crippen LogP contribution is 2.63. The maximum Gasteiger partial charge on any atom is 0.305 e. The van der Waals surface area contributed by atoms with Crippen molar-refractivity contribution in [1.29, 1.82) is 0 Å². The SMILES string of the molecule is COC(=O)C[C@@H](C)CC[C@@H]1[C@@]2(C)CCCC(C)(C)C2CC[C@@]1(C)O. The van der Waals surface area contributed by atoms with Gasteiger partial charge in [-0.1, -0.05) is 34.1 Å². The molecule has 5 atom stereocenters. The first-order chi connectivity index (χ1) is 11.0. The van der Waals surface area contributed by atoms with Gasteiger partial charge in [0.1, 0.15) is 0 Å². The van der Waals surface area contributed by atoms with Gasteiger partial charge in [0, 0.05) is 6.42 Å². The summed E-state index contributed by atoms with van der Waals surface area (Å²) in [7, 11) is 1.46. The fourth-order valence-corrected chi connectivity index (χ4v) is 6.19. The van der Waals surface area contributed by atoms with Crippen LogP contribution in [-0.2, 0) is 9.53 Å². The van der Waals surface area contributed by atoms with Crippen LogP contribution in [0.5, 0.6) is 0 Å². The monoisotopic (exact) mass is 338 g/mol. The maximum absolute atomic E-state index is 11.5. The predicted molar refractivity (Wildman–Crippen MR) is 97.6 cm³/mol. The normalized spacial score (nSPS) is 39.8. The second kappa shape index (κ2) is 6.97. The summed E-state index contributed by atoms with van der Waals surface area (Å²) in [6, 6.07) is 0. The topological polar surface area (TPSA) is 46.5 Å². The van der Waals surface area contributed by atoms with E-state index in [1.807, 2.05) is 6.92 Å². The Morgan fingerprint density at radius 3 is 2.50 bits per heavy atom. The summed E-state index contributed by atoms with van der Waals surface area (Å²) in [4.78, 5) is 11.5. The molecule has 0 amide bonds. The minimum atomic E-state index is -0.580. The summed E-state index contributed by atoms with van der Waals surface area (Å²) in [6.07, 6.45) is 8.33. The van der Waals surface area contributed by atoms with Crippen LogP contribution in [-0.4, -0.2) is 23.8 Å². The number of methoxy groups -OCH3 is 1. The van der Waals surface area contributed by atoms with Gasteiger partial charge in [0.05, 0.1) is 12.7 Å². The molecule has 0 aromatic carbocycles. The molecule has 0 radical (unpaired) electrons. The quantitative estimate of drug-likeness (QED) is 0.721. The van der Waals surface area contributed by atoms with E-state index in [0.29, 0.717) is 29.6 Å². The first kappa shape index (κ1) is 19.8. The largest absolute Gasteiger partial charge is 0.469 e. The van der Waals surface area contributed by atoms with Crippen LogP contribution in [0.1, 0.15) is 86.0 Å². The van der Waals surface area contributed by atoms with Crippen molar-refractivity contribution in [3.05, 3.63) is 0 Å². The Morgan fingerprint density at radius 2 is 1.88 bits per heavy atom. The zero-order valence-corrected chi connectivity index (χ0v) is 16.7. The zero-order chi connectivity index (χ0) is 18.2. The molecule has 1 N–H and O–H groups in total. The van der Waals surface area contributed by atoms with E-state index in [-0.39, 0.29) is 11.4 Å². The fourth-order valence-electron chi connectivity index (χ4n) is 6.19. The van der Waals surface area contributed by atoms with Crippen LogP contribution < -0.4 is 0 Å². The standard InChI is InChI=1S/C21H38O3/c1-15(14-18(22)24-6)8-9-17-20(4)12-7-11-19(2,3)16(20)10-13-21(17,5)23/h15-17,23H,7-14H2,1-6H3/t15-,16?,17+,20-,21+/m0/s1. The van der Waals surface area contributed by atoms with Gasteiger partial charge >= 0.3 is 5.97 Å². The van der Waals surface area contributed by atoms with Crippen LogP contribution in [0.2, 0.25) is 0 Å². The third-order valence-electron chi connectivity index (χ3n) is 7.45. The first-order valence-electron chi connectivity index (χ1n) is 9.82. The first-order valence-corrected chi connectivity index (χ1v) is 9.82. The molecule has 140 valence electrons. The molecule has 0 spiro atoms. The van der Waals surface area contributed by atoms with Gasteiger partial charge in [-0.05, 0) is 74.0 Å². The fraction of sp³-hybridized carbons (Fsp3) is 0.952. The molecule has 24 heavy (non-hydrogen) atoms. The van der Waals surface area contributed by atoms with Gasteiger partial charge in [-0.2, -0.15) is 0 Å². The Labute approximate surface area is 148 Å². The molecule has 0 aliphatic heterocycles. The summed E-state index contributed by atoms with van der Waals surface area (Å²) in [5.74, 6) is 1.21. The molecule has 2 rings (SSSR count). The number of rotatable bonds is 5. The Hall–Kier alpha value is -0.570. The molecule has 0 aromatic rings. The van der Waals surface area contributed by atoms with Crippen molar-refractivity contribution in [2.75, 3.05) is 7.11 Å². The Bertz CT molecular complexity index is 454. The zero-order valence-electron chi connectivity index (χ0n) is 16.7. The molecule has 0 heterocycles. The van der Waals surface area contributed by atoms with E-state index in [9.17, 15) is 9.90 Å². The van der Waals surface area contributed by atoms with E-state index in [2.05, 4.69) is 27.7 Å². The minimum absolute atomic E-state index is 0.124. The highest BCUT2D eigenvalue weighted by Gasteiger charge is 2.57. The lowest BCUT2D eigenvalue weighted by Crippen LogP contribution is -2.57. The van der Waals surface area contributed by atoms with E-state index in [1.54, 1.807) is 0 Å². The molecule has 3 nitrogen and oxygen atoms in total. The van der Waals surface area contributed by atoms with Crippen LogP contribution in [0.25, 0.3) is 0 Å². The van der Waals surface area contributed by atoms with Gasteiger partial charge < -0.3 is 9.84 Å². The maximum atomic E-state index is 11.5. The van der Waals surface area contributed by atoms with Crippen molar-refractivity contribution < 1.29 is 14.6 Å². The Balaban J connectivity index is 2.13. The van der Waals surface area contributed by atoms with Gasteiger partial charge in [-0.15, -0.1) is 0 Å². The highest BCUT2D eigenvalue weighted by molar-refractivity contribution is 5.69. The lowest BCUT2D eigenvalue weighted by atomic mass is 9.45. The summed E-state index contributed by atoms with van der Waals surface area (Å²) in [6.45, 7) is 11.4. The van der Waals surface area contributed by atoms with Crippen molar-refractivity contribution in [1.82, 2.24) is 0 Å². The minimum Gasteiger partial charge on any atom is -0.469 e. The van der Waals surface area contributed by atoms with Crippen molar-refractivity contribution in [3.8, 4) is 0 Å². The molecular formula is C21H38O3. The molecular weight excluding hydrogens is 300 g/mol. The van der Waals surface area contributed by atoms with Crippen molar-refractivity contribution >= 4 is 5.97 Å². The molecule has 0 saturated heterocycles. The average Bonchev–Trinajstić information content (AvgIpc) is 2.44. The lowest BCUT2D eigenvalue weighted by molar-refractivity contribution is -0.170. The Kier molecular flexibility index (Phi) is 5.74. The number of hydrogen-bond donors (Lipinski definition) is 1. The number of fused-ring (bicyclic) bond motifs is 1. The van der Waals surface area contributed by atoms with E-state index in [1.165, 1.54) is 26.4 Å².